The minimum Gasteiger partial charge on any atom is -0.365 e. The molecule has 0 aliphatic carbocycles. The number of aromatic nitrogens is 1. The molecule has 0 fully saturated rings. The van der Waals surface area contributed by atoms with Gasteiger partial charge in [-0.25, -0.2) is 0 Å². The highest BCUT2D eigenvalue weighted by Crippen LogP contribution is 2.14. The van der Waals surface area contributed by atoms with Crippen molar-refractivity contribution in [3.63, 3.8) is 0 Å². The fourth-order valence-corrected chi connectivity index (χ4v) is 2.09. The topological polar surface area (TPSA) is 93.0 Å². The number of ketones is 1. The van der Waals surface area contributed by atoms with Crippen molar-refractivity contribution in [3.05, 3.63) is 68.6 Å². The lowest BCUT2D eigenvalue weighted by Gasteiger charge is -2.08. The average molecular weight is 284 g/mol. The zero-order valence-corrected chi connectivity index (χ0v) is 11.9. The lowest BCUT2D eigenvalue weighted by Crippen LogP contribution is -2.26. The highest BCUT2D eigenvalue weighted by molar-refractivity contribution is 6.10. The number of benzene rings is 1. The summed E-state index contributed by atoms with van der Waals surface area (Å²) < 4.78 is 0. The number of carbonyl (C=O) groups is 2. The molecule has 1 heterocycles. The minimum absolute atomic E-state index is 0.206. The Hall–Kier alpha value is -2.69. The van der Waals surface area contributed by atoms with Gasteiger partial charge in [-0.2, -0.15) is 0 Å². The Balaban J connectivity index is 2.58. The third kappa shape index (κ3) is 2.91. The Kier molecular flexibility index (Phi) is 4.03. The second kappa shape index (κ2) is 5.75. The van der Waals surface area contributed by atoms with E-state index in [0.29, 0.717) is 23.2 Å². The first kappa shape index (κ1) is 14.7. The first-order valence-electron chi connectivity index (χ1n) is 6.61. The van der Waals surface area contributed by atoms with Gasteiger partial charge in [0.25, 0.3) is 11.5 Å². The van der Waals surface area contributed by atoms with Crippen LogP contribution in [-0.4, -0.2) is 16.7 Å². The standard InChI is InChI=1S/C16H16N2O3/c1-3-13-11(8-12(15(17)20)16(21)18-13)14(19)10-6-4-9(2)5-7-10/h4-8H,3H2,1-2H3,(H2,17,20)(H,18,21). The van der Waals surface area contributed by atoms with Gasteiger partial charge < -0.3 is 10.7 Å². The maximum absolute atomic E-state index is 12.5. The molecule has 21 heavy (non-hydrogen) atoms. The van der Waals surface area contributed by atoms with Crippen molar-refractivity contribution >= 4 is 11.7 Å². The van der Waals surface area contributed by atoms with E-state index in [4.69, 9.17) is 5.73 Å². The van der Waals surface area contributed by atoms with Gasteiger partial charge in [0.15, 0.2) is 5.78 Å². The van der Waals surface area contributed by atoms with Gasteiger partial charge in [-0.05, 0) is 19.4 Å². The maximum atomic E-state index is 12.5. The van der Waals surface area contributed by atoms with E-state index in [1.165, 1.54) is 6.07 Å². The van der Waals surface area contributed by atoms with Gasteiger partial charge in [0.05, 0.1) is 0 Å². The fourth-order valence-electron chi connectivity index (χ4n) is 2.09. The number of hydrogen-bond donors (Lipinski definition) is 2. The van der Waals surface area contributed by atoms with Crippen molar-refractivity contribution in [1.29, 1.82) is 0 Å². The molecule has 0 unspecified atom stereocenters. The van der Waals surface area contributed by atoms with Gasteiger partial charge in [0.2, 0.25) is 0 Å². The van der Waals surface area contributed by atoms with E-state index in [0.717, 1.165) is 5.56 Å². The van der Waals surface area contributed by atoms with Crippen LogP contribution in [0, 0.1) is 6.92 Å². The summed E-state index contributed by atoms with van der Waals surface area (Å²) in [5.74, 6) is -1.09. The van der Waals surface area contributed by atoms with Crippen LogP contribution in [-0.2, 0) is 6.42 Å². The zero-order valence-electron chi connectivity index (χ0n) is 11.9. The first-order chi connectivity index (χ1) is 9.93. The maximum Gasteiger partial charge on any atom is 0.261 e. The van der Waals surface area contributed by atoms with E-state index in [1.54, 1.807) is 12.1 Å². The number of carbonyl (C=O) groups excluding carboxylic acids is 2. The molecule has 0 spiro atoms. The Morgan fingerprint density at radius 1 is 1.14 bits per heavy atom. The van der Waals surface area contributed by atoms with Gasteiger partial charge >= 0.3 is 0 Å². The molecule has 2 aromatic rings. The number of aromatic amines is 1. The molecule has 5 heteroatoms. The second-order valence-electron chi connectivity index (χ2n) is 4.82. The summed E-state index contributed by atoms with van der Waals surface area (Å²) in [6.07, 6.45) is 0.473. The summed E-state index contributed by atoms with van der Waals surface area (Å²) in [5.41, 5.74) is 6.73. The van der Waals surface area contributed by atoms with Crippen LogP contribution in [0.4, 0.5) is 0 Å². The number of nitrogens with one attached hydrogen (secondary N) is 1. The molecule has 0 saturated carbocycles. The summed E-state index contributed by atoms with van der Waals surface area (Å²) in [5, 5.41) is 0. The van der Waals surface area contributed by atoms with Crippen LogP contribution in [0.25, 0.3) is 0 Å². The number of rotatable bonds is 4. The van der Waals surface area contributed by atoms with E-state index in [-0.39, 0.29) is 11.3 Å². The predicted molar refractivity (Wildman–Crippen MR) is 79.6 cm³/mol. The van der Waals surface area contributed by atoms with E-state index < -0.39 is 11.5 Å². The van der Waals surface area contributed by atoms with Crippen LogP contribution in [0.2, 0.25) is 0 Å². The minimum atomic E-state index is -0.850. The second-order valence-corrected chi connectivity index (χ2v) is 4.82. The van der Waals surface area contributed by atoms with E-state index in [1.807, 2.05) is 26.0 Å². The van der Waals surface area contributed by atoms with Crippen LogP contribution in [0.3, 0.4) is 0 Å². The fraction of sp³-hybridized carbons (Fsp3) is 0.188. The summed E-state index contributed by atoms with van der Waals surface area (Å²) in [7, 11) is 0. The van der Waals surface area contributed by atoms with Crippen molar-refractivity contribution in [2.24, 2.45) is 5.73 Å². The van der Waals surface area contributed by atoms with Crippen LogP contribution >= 0.6 is 0 Å². The lowest BCUT2D eigenvalue weighted by atomic mass is 9.98. The van der Waals surface area contributed by atoms with Gasteiger partial charge in [0.1, 0.15) is 5.56 Å². The Bertz CT molecular complexity index is 758. The van der Waals surface area contributed by atoms with Gasteiger partial charge in [-0.1, -0.05) is 36.8 Å². The van der Waals surface area contributed by atoms with Crippen LogP contribution in [0.15, 0.2) is 35.1 Å². The molecule has 0 atom stereocenters. The van der Waals surface area contributed by atoms with Crippen molar-refractivity contribution in [3.8, 4) is 0 Å². The number of amides is 1. The molecular formula is C16H16N2O3. The van der Waals surface area contributed by atoms with Crippen LogP contribution in [0.1, 0.15) is 44.5 Å². The molecular weight excluding hydrogens is 268 g/mol. The summed E-state index contributed by atoms with van der Waals surface area (Å²) in [4.78, 5) is 38.1. The first-order valence-corrected chi connectivity index (χ1v) is 6.61. The normalized spacial score (nSPS) is 10.4. The van der Waals surface area contributed by atoms with E-state index in [2.05, 4.69) is 4.98 Å². The highest BCUT2D eigenvalue weighted by Gasteiger charge is 2.18. The summed E-state index contributed by atoms with van der Waals surface area (Å²) in [6, 6.07) is 8.37. The van der Waals surface area contributed by atoms with Crippen LogP contribution < -0.4 is 11.3 Å². The molecule has 2 rings (SSSR count). The lowest BCUT2D eigenvalue weighted by molar-refractivity contribution is 0.0999. The highest BCUT2D eigenvalue weighted by atomic mass is 16.2. The molecule has 0 aliphatic rings. The molecule has 1 aromatic heterocycles. The number of H-pyrrole nitrogens is 1. The molecule has 108 valence electrons. The molecule has 0 saturated heterocycles. The summed E-state index contributed by atoms with van der Waals surface area (Å²) >= 11 is 0. The van der Waals surface area contributed by atoms with E-state index >= 15 is 0 Å². The number of hydrogen-bond acceptors (Lipinski definition) is 3. The van der Waals surface area contributed by atoms with Crippen molar-refractivity contribution < 1.29 is 9.59 Å². The predicted octanol–water partition coefficient (Wildman–Crippen LogP) is 1.58. The molecule has 5 nitrogen and oxygen atoms in total. The van der Waals surface area contributed by atoms with Gasteiger partial charge in [-0.3, -0.25) is 14.4 Å². The molecule has 1 amide bonds. The number of pyridine rings is 1. The number of aryl methyl sites for hydroxylation is 2. The number of nitrogens with two attached hydrogens (primary N) is 1. The molecule has 0 radical (unpaired) electrons. The summed E-state index contributed by atoms with van der Waals surface area (Å²) in [6.45, 7) is 3.75. The van der Waals surface area contributed by atoms with Crippen LogP contribution in [0.5, 0.6) is 0 Å². The van der Waals surface area contributed by atoms with Gasteiger partial charge in [0, 0.05) is 16.8 Å². The monoisotopic (exact) mass is 284 g/mol. The van der Waals surface area contributed by atoms with Crippen molar-refractivity contribution in [2.75, 3.05) is 0 Å². The van der Waals surface area contributed by atoms with E-state index in [9.17, 15) is 14.4 Å². The quantitative estimate of drug-likeness (QED) is 0.835. The zero-order chi connectivity index (χ0) is 15.6. The molecule has 3 N–H and O–H groups in total. The van der Waals surface area contributed by atoms with Crippen molar-refractivity contribution in [2.45, 2.75) is 20.3 Å². The molecule has 1 aromatic carbocycles. The smallest absolute Gasteiger partial charge is 0.261 e. The average Bonchev–Trinajstić information content (AvgIpc) is 2.46. The molecule has 0 bridgehead atoms. The Morgan fingerprint density at radius 3 is 2.29 bits per heavy atom. The SMILES string of the molecule is CCc1[nH]c(=O)c(C(N)=O)cc1C(=O)c1ccc(C)cc1. The van der Waals surface area contributed by atoms with Gasteiger partial charge in [-0.15, -0.1) is 0 Å². The third-order valence-corrected chi connectivity index (χ3v) is 3.30. The Morgan fingerprint density at radius 2 is 1.76 bits per heavy atom. The number of primary amides is 1. The Labute approximate surface area is 121 Å². The molecule has 0 aliphatic heterocycles. The third-order valence-electron chi connectivity index (χ3n) is 3.30. The largest absolute Gasteiger partial charge is 0.365 e. The van der Waals surface area contributed by atoms with Crippen molar-refractivity contribution in [1.82, 2.24) is 4.98 Å².